The van der Waals surface area contributed by atoms with Crippen molar-refractivity contribution in [2.45, 2.75) is 120 Å². The number of fused-ring (bicyclic) bond motifs is 5. The molecule has 0 aliphatic heterocycles. The molecule has 4 aliphatic rings. The molecule has 0 heterocycles. The Labute approximate surface area is 242 Å². The van der Waals surface area contributed by atoms with Crippen molar-refractivity contribution in [2.24, 2.45) is 62.6 Å². The van der Waals surface area contributed by atoms with E-state index in [-0.39, 0.29) is 51.4 Å². The molecule has 0 aromatic heterocycles. The first kappa shape index (κ1) is 27.9. The van der Waals surface area contributed by atoms with E-state index >= 15 is 0 Å². The average Bonchev–Trinajstić information content (AvgIpc) is 3.00. The minimum Gasteiger partial charge on any atom is -0.542 e. The molecule has 4 fully saturated rings. The van der Waals surface area contributed by atoms with E-state index in [4.69, 9.17) is 0 Å². The molecule has 4 aliphatic carbocycles. The molecule has 8 atom stereocenters. The Bertz CT molecular complexity index is 708. The zero-order valence-electron chi connectivity index (χ0n) is 23.2. The largest absolute Gasteiger partial charge is 1.00 e. The van der Waals surface area contributed by atoms with Crippen LogP contribution in [-0.2, 0) is 4.79 Å². The van der Waals surface area contributed by atoms with Gasteiger partial charge in [-0.1, -0.05) is 68.7 Å². The topological polar surface area (TPSA) is 17.1 Å². The van der Waals surface area contributed by atoms with Crippen LogP contribution in [0.2, 0.25) is 0 Å². The number of hydrogen-bond acceptors (Lipinski definition) is 1. The maximum Gasteiger partial charge on any atom is 1.00 e. The Morgan fingerprint density at radius 3 is 2.16 bits per heavy atom. The Kier molecular flexibility index (Phi) is 7.85. The summed E-state index contributed by atoms with van der Waals surface area (Å²) in [5.41, 5.74) is 2.26. The normalized spacial score (nSPS) is 46.7. The summed E-state index contributed by atoms with van der Waals surface area (Å²) in [5, 5.41) is 0. The van der Waals surface area contributed by atoms with Crippen LogP contribution in [0.5, 0.6) is 0 Å². The van der Waals surface area contributed by atoms with Gasteiger partial charge in [0.1, 0.15) is 0 Å². The Hall–Kier alpha value is 1.31. The first-order chi connectivity index (χ1) is 14.2. The average molecular weight is 467 g/mol. The second-order valence-corrected chi connectivity index (χ2v) is 15.2. The van der Waals surface area contributed by atoms with Gasteiger partial charge in [0.2, 0.25) is 0 Å². The van der Waals surface area contributed by atoms with Crippen molar-refractivity contribution in [3.8, 4) is 0 Å². The van der Waals surface area contributed by atoms with Crippen LogP contribution in [0.4, 0.5) is 0 Å². The molecule has 2 heteroatoms. The molecule has 4 saturated carbocycles. The summed E-state index contributed by atoms with van der Waals surface area (Å²) in [6.07, 6.45) is 13.7. The quantitative estimate of drug-likeness (QED) is 0.396. The number of rotatable bonds is 4. The van der Waals surface area contributed by atoms with E-state index in [9.17, 15) is 4.79 Å². The van der Waals surface area contributed by atoms with Crippen molar-refractivity contribution < 1.29 is 56.2 Å². The third-order valence-corrected chi connectivity index (χ3v) is 12.4. The van der Waals surface area contributed by atoms with Crippen LogP contribution < -0.4 is 51.4 Å². The first-order valence-corrected chi connectivity index (χ1v) is 13.5. The van der Waals surface area contributed by atoms with Crippen molar-refractivity contribution in [1.29, 1.82) is 0 Å². The molecule has 0 N–H and O–H groups in total. The second kappa shape index (κ2) is 9.00. The summed E-state index contributed by atoms with van der Waals surface area (Å²) in [7, 11) is 0. The Morgan fingerprint density at radius 2 is 1.53 bits per heavy atom. The van der Waals surface area contributed by atoms with Gasteiger partial charge in [-0.25, -0.2) is 0 Å². The summed E-state index contributed by atoms with van der Waals surface area (Å²) < 4.78 is 0. The van der Waals surface area contributed by atoms with Crippen molar-refractivity contribution in [1.82, 2.24) is 0 Å². The predicted molar refractivity (Wildman–Crippen MR) is 131 cm³/mol. The Morgan fingerprint density at radius 1 is 0.875 bits per heavy atom. The molecule has 0 radical (unpaired) electrons. The number of hydrogen-bond donors (Lipinski definition) is 0. The third-order valence-electron chi connectivity index (χ3n) is 12.4. The van der Waals surface area contributed by atoms with Crippen molar-refractivity contribution >= 4 is 6.29 Å². The molecule has 0 bridgehead atoms. The van der Waals surface area contributed by atoms with Crippen molar-refractivity contribution in [3.63, 3.8) is 0 Å². The van der Waals surface area contributed by atoms with Crippen LogP contribution in [0.25, 0.3) is 0 Å². The summed E-state index contributed by atoms with van der Waals surface area (Å²) in [6, 6.07) is 0. The summed E-state index contributed by atoms with van der Waals surface area (Å²) in [4.78, 5) is 11.0. The molecule has 178 valence electrons. The maximum absolute atomic E-state index is 11.0. The van der Waals surface area contributed by atoms with Gasteiger partial charge in [-0.15, -0.1) is 0 Å². The molecule has 0 aromatic carbocycles. The van der Waals surface area contributed by atoms with Gasteiger partial charge in [0.05, 0.1) is 0 Å². The van der Waals surface area contributed by atoms with E-state index in [1.165, 1.54) is 44.9 Å². The van der Waals surface area contributed by atoms with Crippen LogP contribution in [0, 0.1) is 62.6 Å². The fourth-order valence-electron chi connectivity index (χ4n) is 10.4. The van der Waals surface area contributed by atoms with E-state index in [1.807, 2.05) is 0 Å². The van der Waals surface area contributed by atoms with Crippen LogP contribution in [0.3, 0.4) is 0 Å². The van der Waals surface area contributed by atoms with E-state index in [0.717, 1.165) is 36.0 Å². The van der Waals surface area contributed by atoms with E-state index in [2.05, 4.69) is 68.6 Å². The predicted octanol–water partition coefficient (Wildman–Crippen LogP) is 5.47. The molecule has 0 spiro atoms. The van der Waals surface area contributed by atoms with Gasteiger partial charge < -0.3 is 4.79 Å². The molecule has 0 aromatic rings. The minimum absolute atomic E-state index is 0. The maximum atomic E-state index is 11.0. The van der Waals surface area contributed by atoms with Gasteiger partial charge in [0.25, 0.3) is 0 Å². The standard InChI is InChI=1S/C30H51O.K/c1-20(11-10-16-31)22-12-13-23-25-24(19-28(6,7)30(22,23)9)29(8)15-14-26(2,3)17-21(29)18-27(25,4)5;/h20-25H,10-15,17-19H2,1-9H3;/q-1;+1. The fraction of sp³-hybridized carbons (Fsp3) is 0.967. The summed E-state index contributed by atoms with van der Waals surface area (Å²) in [5.74, 6) is 4.88. The van der Waals surface area contributed by atoms with Gasteiger partial charge >= 0.3 is 51.4 Å². The molecule has 0 saturated heterocycles. The third kappa shape index (κ3) is 4.14. The van der Waals surface area contributed by atoms with Gasteiger partial charge in [0.15, 0.2) is 0 Å². The van der Waals surface area contributed by atoms with Crippen molar-refractivity contribution in [2.75, 3.05) is 0 Å². The molecule has 1 nitrogen and oxygen atoms in total. The van der Waals surface area contributed by atoms with Crippen LogP contribution in [-0.4, -0.2) is 6.29 Å². The van der Waals surface area contributed by atoms with E-state index in [0.29, 0.717) is 39.4 Å². The molecule has 4 rings (SSSR count). The number of carbonyl (C=O) groups excluding carboxylic acids is 1. The van der Waals surface area contributed by atoms with Gasteiger partial charge in [-0.3, -0.25) is 6.29 Å². The van der Waals surface area contributed by atoms with Gasteiger partial charge in [-0.2, -0.15) is 6.42 Å². The summed E-state index contributed by atoms with van der Waals surface area (Å²) >= 11 is 0. The smallest absolute Gasteiger partial charge is 0.542 e. The summed E-state index contributed by atoms with van der Waals surface area (Å²) in [6.45, 7) is 23.4. The minimum atomic E-state index is 0. The van der Waals surface area contributed by atoms with Crippen molar-refractivity contribution in [3.05, 3.63) is 0 Å². The second-order valence-electron chi connectivity index (χ2n) is 15.2. The van der Waals surface area contributed by atoms with Crippen LogP contribution >= 0.6 is 0 Å². The Balaban J connectivity index is 0.00000289. The van der Waals surface area contributed by atoms with E-state index in [1.54, 1.807) is 0 Å². The molecular formula is C30H51KO. The molecule has 8 unspecified atom stereocenters. The zero-order chi connectivity index (χ0) is 23.0. The zero-order valence-corrected chi connectivity index (χ0v) is 26.4. The molecule has 32 heavy (non-hydrogen) atoms. The van der Waals surface area contributed by atoms with Gasteiger partial charge in [0, 0.05) is 0 Å². The molecular weight excluding hydrogens is 415 g/mol. The monoisotopic (exact) mass is 466 g/mol. The molecule has 0 amide bonds. The first-order valence-electron chi connectivity index (χ1n) is 13.5. The fourth-order valence-corrected chi connectivity index (χ4v) is 10.4. The SMILES string of the molecule is CC(CC[C-]=O)C1CCC2C3C(CC(C)(C)C12C)C1(C)CCC(C)(C)CC1CC3(C)C.[K+]. The van der Waals surface area contributed by atoms with Gasteiger partial charge in [-0.05, 0) is 108 Å². The van der Waals surface area contributed by atoms with Crippen LogP contribution in [0.15, 0.2) is 0 Å². The van der Waals surface area contributed by atoms with Crippen LogP contribution in [0.1, 0.15) is 120 Å². The van der Waals surface area contributed by atoms with E-state index < -0.39 is 0 Å².